The maximum Gasteiger partial charge on any atom is 0.510 e. The number of hydrogen-bond donors (Lipinski definition) is 2. The van der Waals surface area contributed by atoms with E-state index in [9.17, 15) is 19.7 Å². The Balaban J connectivity index is 2.24. The van der Waals surface area contributed by atoms with Crippen molar-refractivity contribution < 1.29 is 29.0 Å². The molecular weight excluding hydrogens is 419 g/mol. The molecule has 0 aliphatic rings. The third-order valence-corrected chi connectivity index (χ3v) is 3.75. The fourth-order valence-electron chi connectivity index (χ4n) is 1.78. The van der Waals surface area contributed by atoms with Gasteiger partial charge in [0.25, 0.3) is 5.09 Å². The number of unbranched alkanes of at least 4 members (excludes halogenated alkanes) is 1. The number of amides is 1. The van der Waals surface area contributed by atoms with E-state index in [0.29, 0.717) is 28.5 Å². The maximum atomic E-state index is 11.9. The number of halogens is 2. The van der Waals surface area contributed by atoms with Crippen molar-refractivity contribution >= 4 is 41.2 Å². The van der Waals surface area contributed by atoms with Crippen molar-refractivity contribution in [2.45, 2.75) is 19.3 Å². The number of ether oxygens (including phenoxy) is 2. The van der Waals surface area contributed by atoms with Gasteiger partial charge in [0.1, 0.15) is 0 Å². The molecule has 1 amide bonds. The first-order chi connectivity index (χ1) is 13.3. The maximum absolute atomic E-state index is 11.9. The number of guanidine groups is 1. The van der Waals surface area contributed by atoms with Crippen molar-refractivity contribution in [1.29, 1.82) is 0 Å². The minimum atomic E-state index is -0.999. The molecule has 0 unspecified atom stereocenters. The summed E-state index contributed by atoms with van der Waals surface area (Å²) in [6.07, 6.45) is -0.422. The van der Waals surface area contributed by atoms with Gasteiger partial charge in [-0.1, -0.05) is 29.3 Å². The van der Waals surface area contributed by atoms with E-state index in [-0.39, 0.29) is 25.6 Å². The fraction of sp³-hybridized carbons (Fsp3) is 0.400. The topological polar surface area (TPSA) is 155 Å². The molecule has 0 radical (unpaired) electrons. The van der Waals surface area contributed by atoms with Gasteiger partial charge in [0.05, 0.1) is 19.6 Å². The number of aliphatic imine (C=N–C) groups is 1. The van der Waals surface area contributed by atoms with E-state index >= 15 is 0 Å². The molecule has 0 spiro atoms. The van der Waals surface area contributed by atoms with Crippen LogP contribution in [0.4, 0.5) is 4.79 Å². The van der Waals surface area contributed by atoms with E-state index in [2.05, 4.69) is 19.9 Å². The average molecular weight is 437 g/mol. The average Bonchev–Trinajstić information content (AvgIpc) is 2.61. The lowest BCUT2D eigenvalue weighted by atomic mass is 10.1. The molecule has 154 valence electrons. The summed E-state index contributed by atoms with van der Waals surface area (Å²) in [7, 11) is 0. The van der Waals surface area contributed by atoms with Gasteiger partial charge in [-0.3, -0.25) is 10.1 Å². The smallest absolute Gasteiger partial charge is 0.434 e. The summed E-state index contributed by atoms with van der Waals surface area (Å²) in [5.41, 5.74) is 5.97. The standard InChI is InChI=1S/C15H18Cl2N4O7/c16-11-4-3-5-12(17)10(11)8-13(22)20-14(18)19-9-27-15(23)26-6-1-2-7-28-21(24)25/h3-5H,1-2,6-9H2,(H3,18,19,20,22). The van der Waals surface area contributed by atoms with Gasteiger partial charge >= 0.3 is 6.16 Å². The fourth-order valence-corrected chi connectivity index (χ4v) is 2.31. The molecule has 0 atom stereocenters. The van der Waals surface area contributed by atoms with Gasteiger partial charge < -0.3 is 20.0 Å². The molecule has 0 aliphatic heterocycles. The normalized spacial score (nSPS) is 10.9. The van der Waals surface area contributed by atoms with Crippen molar-refractivity contribution in [1.82, 2.24) is 5.32 Å². The molecule has 0 aromatic heterocycles. The molecule has 13 heteroatoms. The third-order valence-electron chi connectivity index (χ3n) is 3.04. The van der Waals surface area contributed by atoms with E-state index in [4.69, 9.17) is 33.7 Å². The summed E-state index contributed by atoms with van der Waals surface area (Å²) >= 11 is 12.0. The van der Waals surface area contributed by atoms with Gasteiger partial charge in [0.15, 0.2) is 12.7 Å². The van der Waals surface area contributed by atoms with E-state index < -0.39 is 23.9 Å². The van der Waals surface area contributed by atoms with E-state index in [0.717, 1.165) is 0 Å². The Labute approximate surface area is 169 Å². The first kappa shape index (κ1) is 23.2. The molecule has 0 bridgehead atoms. The largest absolute Gasteiger partial charge is 0.510 e. The number of carbonyl (C=O) groups excluding carboxylic acids is 2. The molecule has 1 rings (SSSR count). The van der Waals surface area contributed by atoms with Crippen LogP contribution in [0.1, 0.15) is 18.4 Å². The van der Waals surface area contributed by atoms with Gasteiger partial charge in [-0.05, 0) is 30.5 Å². The highest BCUT2D eigenvalue weighted by Crippen LogP contribution is 2.24. The lowest BCUT2D eigenvalue weighted by Gasteiger charge is -2.08. The Morgan fingerprint density at radius 2 is 1.82 bits per heavy atom. The van der Waals surface area contributed by atoms with Gasteiger partial charge in [0, 0.05) is 10.0 Å². The second kappa shape index (κ2) is 12.6. The summed E-state index contributed by atoms with van der Waals surface area (Å²) in [6.45, 7) is -0.567. The molecular formula is C15H18Cl2N4O7. The first-order valence-electron chi connectivity index (χ1n) is 7.89. The van der Waals surface area contributed by atoms with Crippen LogP contribution in [-0.2, 0) is 25.5 Å². The third kappa shape index (κ3) is 9.78. The summed E-state index contributed by atoms with van der Waals surface area (Å²) < 4.78 is 9.34. The minimum absolute atomic E-state index is 0.00552. The monoisotopic (exact) mass is 436 g/mol. The highest BCUT2D eigenvalue weighted by Gasteiger charge is 2.11. The minimum Gasteiger partial charge on any atom is -0.434 e. The SMILES string of the molecule is NC(=NCOC(=O)OCCCCO[N+](=O)[O-])NC(=O)Cc1c(Cl)cccc1Cl. The van der Waals surface area contributed by atoms with E-state index in [1.807, 2.05) is 0 Å². The molecule has 0 fully saturated rings. The molecule has 1 aromatic carbocycles. The van der Waals surface area contributed by atoms with Gasteiger partial charge in [0.2, 0.25) is 5.91 Å². The highest BCUT2D eigenvalue weighted by atomic mass is 35.5. The van der Waals surface area contributed by atoms with Crippen molar-refractivity contribution in [2.75, 3.05) is 19.9 Å². The zero-order valence-electron chi connectivity index (χ0n) is 14.6. The van der Waals surface area contributed by atoms with Crippen LogP contribution >= 0.6 is 23.2 Å². The number of benzene rings is 1. The van der Waals surface area contributed by atoms with Gasteiger partial charge in [-0.2, -0.15) is 0 Å². The predicted molar refractivity (Wildman–Crippen MR) is 99.4 cm³/mol. The van der Waals surface area contributed by atoms with Crippen LogP contribution in [0.5, 0.6) is 0 Å². The summed E-state index contributed by atoms with van der Waals surface area (Å²) in [6, 6.07) is 4.85. The Kier molecular flexibility index (Phi) is 10.4. The number of rotatable bonds is 10. The van der Waals surface area contributed by atoms with Crippen LogP contribution in [0, 0.1) is 10.1 Å². The van der Waals surface area contributed by atoms with Gasteiger partial charge in [-0.25, -0.2) is 9.79 Å². The van der Waals surface area contributed by atoms with Gasteiger partial charge in [-0.15, -0.1) is 10.1 Å². The van der Waals surface area contributed by atoms with Crippen LogP contribution in [0.25, 0.3) is 0 Å². The number of carbonyl (C=O) groups is 2. The Hall–Kier alpha value is -2.79. The molecule has 28 heavy (non-hydrogen) atoms. The highest BCUT2D eigenvalue weighted by molar-refractivity contribution is 6.36. The second-order valence-corrected chi connectivity index (χ2v) is 5.92. The van der Waals surface area contributed by atoms with Crippen molar-refractivity contribution in [3.05, 3.63) is 43.9 Å². The molecule has 0 aliphatic carbocycles. The molecule has 0 saturated carbocycles. The van der Waals surface area contributed by atoms with Crippen LogP contribution in [0.3, 0.4) is 0 Å². The predicted octanol–water partition coefficient (Wildman–Crippen LogP) is 2.07. The molecule has 0 heterocycles. The van der Waals surface area contributed by atoms with Crippen LogP contribution in [-0.4, -0.2) is 43.1 Å². The van der Waals surface area contributed by atoms with Crippen LogP contribution in [0.2, 0.25) is 10.0 Å². The van der Waals surface area contributed by atoms with Crippen LogP contribution in [0.15, 0.2) is 23.2 Å². The first-order valence-corrected chi connectivity index (χ1v) is 8.64. The zero-order chi connectivity index (χ0) is 20.9. The molecule has 1 aromatic rings. The Morgan fingerprint density at radius 1 is 1.18 bits per heavy atom. The zero-order valence-corrected chi connectivity index (χ0v) is 16.1. The summed E-state index contributed by atoms with van der Waals surface area (Å²) in [5.74, 6) is -0.770. The quantitative estimate of drug-likeness (QED) is 0.141. The summed E-state index contributed by atoms with van der Waals surface area (Å²) in [4.78, 5) is 40.9. The van der Waals surface area contributed by atoms with E-state index in [1.165, 1.54) is 0 Å². The summed E-state index contributed by atoms with van der Waals surface area (Å²) in [5, 5.41) is 12.0. The Morgan fingerprint density at radius 3 is 2.46 bits per heavy atom. The van der Waals surface area contributed by atoms with Crippen molar-refractivity contribution in [3.8, 4) is 0 Å². The van der Waals surface area contributed by atoms with Crippen LogP contribution < -0.4 is 11.1 Å². The van der Waals surface area contributed by atoms with Crippen molar-refractivity contribution in [3.63, 3.8) is 0 Å². The molecule has 0 saturated heterocycles. The number of nitrogens with one attached hydrogen (secondary N) is 1. The lowest BCUT2D eigenvalue weighted by molar-refractivity contribution is -0.757. The second-order valence-electron chi connectivity index (χ2n) is 5.10. The molecule has 11 nitrogen and oxygen atoms in total. The Bertz CT molecular complexity index is 710. The lowest BCUT2D eigenvalue weighted by Crippen LogP contribution is -2.38. The van der Waals surface area contributed by atoms with Crippen molar-refractivity contribution in [2.24, 2.45) is 10.7 Å². The number of hydrogen-bond acceptors (Lipinski definition) is 8. The number of nitrogens with zero attached hydrogens (tertiary/aromatic N) is 2. The number of nitrogens with two attached hydrogens (primary N) is 1. The van der Waals surface area contributed by atoms with E-state index in [1.54, 1.807) is 18.2 Å². The molecule has 3 N–H and O–H groups in total.